The summed E-state index contributed by atoms with van der Waals surface area (Å²) in [6.07, 6.45) is 0. The minimum absolute atomic E-state index is 0.00945. The number of rotatable bonds is 4. The minimum Gasteiger partial charge on any atom is -0.392 e. The van der Waals surface area contributed by atoms with E-state index in [9.17, 15) is 5.11 Å². The summed E-state index contributed by atoms with van der Waals surface area (Å²) in [5, 5.41) is 14.0. The number of aromatic nitrogens is 2. The maximum Gasteiger partial charge on any atom is 0.0689 e. The molecule has 2 aromatic carbocycles. The summed E-state index contributed by atoms with van der Waals surface area (Å²) in [6.45, 7) is 7.34. The first kappa shape index (κ1) is 16.5. The number of benzene rings is 2. The van der Waals surface area contributed by atoms with E-state index in [4.69, 9.17) is 5.10 Å². The standard InChI is InChI=1S/C21H24N2O/c1-21(2,3)20-13-19(18-7-5-4-6-8-18)23(22-20)14-16-9-11-17(15-24)12-10-16/h4-13,24H,14-15H2,1-3H3. The Bertz CT molecular complexity index is 796. The second-order valence-corrected chi connectivity index (χ2v) is 7.16. The molecule has 0 amide bonds. The summed E-state index contributed by atoms with van der Waals surface area (Å²) in [6, 6.07) is 20.6. The van der Waals surface area contributed by atoms with Crippen LogP contribution >= 0.6 is 0 Å². The second-order valence-electron chi connectivity index (χ2n) is 7.16. The highest BCUT2D eigenvalue weighted by atomic mass is 16.3. The van der Waals surface area contributed by atoms with Crippen molar-refractivity contribution in [3.63, 3.8) is 0 Å². The molecule has 0 saturated heterocycles. The maximum absolute atomic E-state index is 9.19. The van der Waals surface area contributed by atoms with Gasteiger partial charge in [0.1, 0.15) is 0 Å². The van der Waals surface area contributed by atoms with Gasteiger partial charge < -0.3 is 5.11 Å². The van der Waals surface area contributed by atoms with E-state index in [1.54, 1.807) is 0 Å². The Morgan fingerprint density at radius 1 is 0.917 bits per heavy atom. The summed E-state index contributed by atoms with van der Waals surface area (Å²) in [4.78, 5) is 0. The van der Waals surface area contributed by atoms with Gasteiger partial charge in [-0.05, 0) is 22.8 Å². The normalized spacial score (nSPS) is 11.7. The molecule has 0 radical (unpaired) electrons. The molecule has 0 aliphatic rings. The predicted octanol–water partition coefficient (Wildman–Crippen LogP) is 4.39. The van der Waals surface area contributed by atoms with Crippen LogP contribution < -0.4 is 0 Å². The molecule has 3 nitrogen and oxygen atoms in total. The molecular formula is C21H24N2O. The fourth-order valence-electron chi connectivity index (χ4n) is 2.67. The van der Waals surface area contributed by atoms with E-state index in [1.165, 1.54) is 11.1 Å². The molecule has 0 bridgehead atoms. The number of aliphatic hydroxyl groups is 1. The molecule has 3 rings (SSSR count). The number of nitrogens with zero attached hydrogens (tertiary/aromatic N) is 2. The Kier molecular flexibility index (Phi) is 4.54. The van der Waals surface area contributed by atoms with Gasteiger partial charge in [0.25, 0.3) is 0 Å². The van der Waals surface area contributed by atoms with E-state index >= 15 is 0 Å². The van der Waals surface area contributed by atoms with E-state index in [0.29, 0.717) is 6.54 Å². The highest BCUT2D eigenvalue weighted by Crippen LogP contribution is 2.28. The number of aliphatic hydroxyl groups excluding tert-OH is 1. The number of hydrogen-bond donors (Lipinski definition) is 1. The van der Waals surface area contributed by atoms with E-state index in [-0.39, 0.29) is 12.0 Å². The van der Waals surface area contributed by atoms with Crippen LogP contribution in [0.1, 0.15) is 37.6 Å². The molecule has 0 unspecified atom stereocenters. The first-order chi connectivity index (χ1) is 11.5. The van der Waals surface area contributed by atoms with Crippen molar-refractivity contribution in [2.45, 2.75) is 39.3 Å². The van der Waals surface area contributed by atoms with Crippen LogP contribution in [0.4, 0.5) is 0 Å². The molecule has 3 heteroatoms. The lowest BCUT2D eigenvalue weighted by atomic mass is 9.92. The van der Waals surface area contributed by atoms with Crippen LogP contribution in [0.5, 0.6) is 0 Å². The van der Waals surface area contributed by atoms with Gasteiger partial charge in [-0.3, -0.25) is 4.68 Å². The molecule has 1 heterocycles. The van der Waals surface area contributed by atoms with Crippen molar-refractivity contribution in [2.24, 2.45) is 0 Å². The van der Waals surface area contributed by atoms with Crippen LogP contribution in [0, 0.1) is 0 Å². The van der Waals surface area contributed by atoms with Gasteiger partial charge in [-0.15, -0.1) is 0 Å². The van der Waals surface area contributed by atoms with Crippen molar-refractivity contribution in [2.75, 3.05) is 0 Å². The zero-order valence-corrected chi connectivity index (χ0v) is 14.5. The monoisotopic (exact) mass is 320 g/mol. The highest BCUT2D eigenvalue weighted by molar-refractivity contribution is 5.60. The van der Waals surface area contributed by atoms with Crippen LogP contribution in [0.2, 0.25) is 0 Å². The van der Waals surface area contributed by atoms with Crippen molar-refractivity contribution in [1.29, 1.82) is 0 Å². The second kappa shape index (κ2) is 6.62. The van der Waals surface area contributed by atoms with Gasteiger partial charge in [0.05, 0.1) is 24.5 Å². The lowest BCUT2D eigenvalue weighted by molar-refractivity contribution is 0.282. The zero-order valence-electron chi connectivity index (χ0n) is 14.5. The lowest BCUT2D eigenvalue weighted by Crippen LogP contribution is -2.13. The average molecular weight is 320 g/mol. The molecule has 24 heavy (non-hydrogen) atoms. The first-order valence-electron chi connectivity index (χ1n) is 8.30. The molecule has 0 spiro atoms. The van der Waals surface area contributed by atoms with Gasteiger partial charge in [0.15, 0.2) is 0 Å². The third-order valence-electron chi connectivity index (χ3n) is 4.16. The summed E-state index contributed by atoms with van der Waals surface area (Å²) in [5.74, 6) is 0. The van der Waals surface area contributed by atoms with E-state index in [1.807, 2.05) is 18.2 Å². The lowest BCUT2D eigenvalue weighted by Gasteiger charge is -2.14. The van der Waals surface area contributed by atoms with Crippen molar-refractivity contribution in [1.82, 2.24) is 9.78 Å². The SMILES string of the molecule is CC(C)(C)c1cc(-c2ccccc2)n(Cc2ccc(CO)cc2)n1. The third kappa shape index (κ3) is 3.57. The zero-order chi connectivity index (χ0) is 17.2. The molecule has 0 atom stereocenters. The van der Waals surface area contributed by atoms with Crippen LogP contribution in [-0.4, -0.2) is 14.9 Å². The summed E-state index contributed by atoms with van der Waals surface area (Å²) in [5.41, 5.74) is 5.51. The van der Waals surface area contributed by atoms with Crippen LogP contribution in [0.25, 0.3) is 11.3 Å². The highest BCUT2D eigenvalue weighted by Gasteiger charge is 2.20. The Morgan fingerprint density at radius 2 is 1.54 bits per heavy atom. The van der Waals surface area contributed by atoms with E-state index in [2.05, 4.69) is 67.9 Å². The van der Waals surface area contributed by atoms with Gasteiger partial charge in [0.2, 0.25) is 0 Å². The van der Waals surface area contributed by atoms with Gasteiger partial charge in [-0.2, -0.15) is 5.10 Å². The maximum atomic E-state index is 9.19. The molecule has 0 saturated carbocycles. The summed E-state index contributed by atoms with van der Waals surface area (Å²) < 4.78 is 2.07. The van der Waals surface area contributed by atoms with Gasteiger partial charge in [-0.25, -0.2) is 0 Å². The molecular weight excluding hydrogens is 296 g/mol. The van der Waals surface area contributed by atoms with E-state index < -0.39 is 0 Å². The van der Waals surface area contributed by atoms with Crippen LogP contribution in [0.3, 0.4) is 0 Å². The van der Waals surface area contributed by atoms with Crippen LogP contribution in [0.15, 0.2) is 60.7 Å². The van der Waals surface area contributed by atoms with Crippen molar-refractivity contribution < 1.29 is 5.11 Å². The van der Waals surface area contributed by atoms with Crippen molar-refractivity contribution >= 4 is 0 Å². The molecule has 0 aliphatic carbocycles. The molecule has 0 fully saturated rings. The van der Waals surface area contributed by atoms with Crippen LogP contribution in [-0.2, 0) is 18.6 Å². The molecule has 0 aliphatic heterocycles. The van der Waals surface area contributed by atoms with Crippen molar-refractivity contribution in [3.05, 3.63) is 77.5 Å². The van der Waals surface area contributed by atoms with Gasteiger partial charge >= 0.3 is 0 Å². The number of hydrogen-bond acceptors (Lipinski definition) is 2. The fourth-order valence-corrected chi connectivity index (χ4v) is 2.67. The first-order valence-corrected chi connectivity index (χ1v) is 8.30. The molecule has 3 aromatic rings. The van der Waals surface area contributed by atoms with Gasteiger partial charge in [0, 0.05) is 5.41 Å². The smallest absolute Gasteiger partial charge is 0.0689 e. The molecule has 124 valence electrons. The third-order valence-corrected chi connectivity index (χ3v) is 4.16. The Morgan fingerprint density at radius 3 is 2.12 bits per heavy atom. The molecule has 1 aromatic heterocycles. The van der Waals surface area contributed by atoms with Gasteiger partial charge in [-0.1, -0.05) is 75.4 Å². The topological polar surface area (TPSA) is 38.0 Å². The molecule has 1 N–H and O–H groups in total. The summed E-state index contributed by atoms with van der Waals surface area (Å²) in [7, 11) is 0. The minimum atomic E-state index is 0.00945. The Hall–Kier alpha value is -2.39. The largest absolute Gasteiger partial charge is 0.392 e. The predicted molar refractivity (Wildman–Crippen MR) is 97.8 cm³/mol. The quantitative estimate of drug-likeness (QED) is 0.774. The Labute approximate surface area is 143 Å². The van der Waals surface area contributed by atoms with Crippen molar-refractivity contribution in [3.8, 4) is 11.3 Å². The van der Waals surface area contributed by atoms with E-state index in [0.717, 1.165) is 17.0 Å². The average Bonchev–Trinajstić information content (AvgIpc) is 3.00. The fraction of sp³-hybridized carbons (Fsp3) is 0.286. The Balaban J connectivity index is 2.00. The summed E-state index contributed by atoms with van der Waals surface area (Å²) >= 11 is 0.